The van der Waals surface area contributed by atoms with Crippen LogP contribution in [0.5, 0.6) is 0 Å². The first-order valence-corrected chi connectivity index (χ1v) is 33.4. The number of hydrogen-bond donors (Lipinski definition) is 0. The number of rotatable bonds is 3. The normalized spacial score (nSPS) is 14.9. The maximum Gasteiger partial charge on any atom is 0.0754 e. The molecule has 3 spiro atoms. The third-order valence-corrected chi connectivity index (χ3v) is 22.8. The second-order valence-electron chi connectivity index (χ2n) is 26.7. The fourth-order valence-electron chi connectivity index (χ4n) is 19.6. The fourth-order valence-corrected chi connectivity index (χ4v) is 19.6. The van der Waals surface area contributed by atoms with Gasteiger partial charge >= 0.3 is 0 Å². The van der Waals surface area contributed by atoms with E-state index in [1.54, 1.807) is 0 Å². The summed E-state index contributed by atoms with van der Waals surface area (Å²) in [4.78, 5) is 5.23. The van der Waals surface area contributed by atoms with E-state index in [9.17, 15) is 0 Å². The van der Waals surface area contributed by atoms with E-state index < -0.39 is 16.2 Å². The van der Waals surface area contributed by atoms with Gasteiger partial charge in [0, 0.05) is 10.8 Å². The molecule has 438 valence electrons. The molecule has 0 fully saturated rings. The zero-order valence-electron chi connectivity index (χ0n) is 51.7. The van der Waals surface area contributed by atoms with Crippen molar-refractivity contribution >= 4 is 66.4 Å². The Labute approximate surface area is 551 Å². The number of fused-ring (bicyclic) bond motifs is 32. The van der Waals surface area contributed by atoms with Gasteiger partial charge in [-0.15, -0.1) is 0 Å². The first-order chi connectivity index (χ1) is 47.2. The van der Waals surface area contributed by atoms with E-state index in [-0.39, 0.29) is 0 Å². The highest BCUT2D eigenvalue weighted by molar-refractivity contribution is 6.23. The number of para-hydroxylation sites is 4. The largest absolute Gasteiger partial charge is 0.309 e. The van der Waals surface area contributed by atoms with Crippen molar-refractivity contribution in [2.75, 3.05) is 9.80 Å². The molecule has 22 rings (SSSR count). The van der Waals surface area contributed by atoms with Gasteiger partial charge in [0.05, 0.1) is 50.4 Å². The van der Waals surface area contributed by atoms with Crippen molar-refractivity contribution in [2.24, 2.45) is 0 Å². The van der Waals surface area contributed by atoms with Crippen LogP contribution in [0.15, 0.2) is 340 Å². The van der Waals surface area contributed by atoms with Crippen LogP contribution in [0.3, 0.4) is 0 Å². The third-order valence-electron chi connectivity index (χ3n) is 22.8. The van der Waals surface area contributed by atoms with Crippen molar-refractivity contribution in [3.05, 3.63) is 406 Å². The molecule has 0 amide bonds. The first-order valence-electron chi connectivity index (χ1n) is 33.4. The molecule has 0 N–H and O–H groups in total. The quantitative estimate of drug-likeness (QED) is 0.163. The Bertz CT molecular complexity index is 5610. The number of hydrogen-bond acceptors (Lipinski definition) is 2. The van der Waals surface area contributed by atoms with Gasteiger partial charge in [-0.1, -0.05) is 297 Å². The van der Waals surface area contributed by atoms with Gasteiger partial charge in [-0.25, -0.2) is 0 Å². The van der Waals surface area contributed by atoms with Crippen LogP contribution in [-0.4, -0.2) is 0 Å². The molecule has 16 aromatic carbocycles. The summed E-state index contributed by atoms with van der Waals surface area (Å²) in [6, 6.07) is 130. The Morgan fingerprint density at radius 3 is 0.832 bits per heavy atom. The molecule has 0 bridgehead atoms. The van der Waals surface area contributed by atoms with Crippen molar-refractivity contribution in [3.63, 3.8) is 0 Å². The molecule has 0 radical (unpaired) electrons. The Balaban J connectivity index is 0.878. The molecule has 6 aliphatic rings. The molecule has 2 heteroatoms. The second-order valence-corrected chi connectivity index (χ2v) is 26.7. The van der Waals surface area contributed by atoms with Gasteiger partial charge < -0.3 is 9.80 Å². The summed E-state index contributed by atoms with van der Waals surface area (Å²) < 4.78 is 0. The third kappa shape index (κ3) is 6.14. The molecule has 16 aromatic rings. The minimum atomic E-state index is -0.572. The molecule has 2 heterocycles. The van der Waals surface area contributed by atoms with E-state index >= 15 is 0 Å². The lowest BCUT2D eigenvalue weighted by atomic mass is 9.64. The summed E-state index contributed by atoms with van der Waals surface area (Å²) >= 11 is 0. The predicted molar refractivity (Wildman–Crippen MR) is 392 cm³/mol. The van der Waals surface area contributed by atoms with Crippen molar-refractivity contribution in [1.29, 1.82) is 0 Å². The summed E-state index contributed by atoms with van der Waals surface area (Å²) in [5, 5.41) is 7.23. The van der Waals surface area contributed by atoms with Gasteiger partial charge in [-0.3, -0.25) is 0 Å². The van der Waals surface area contributed by atoms with Crippen LogP contribution in [0.25, 0.3) is 88.0 Å². The first kappa shape index (κ1) is 51.5. The molecule has 0 saturated carbocycles. The van der Waals surface area contributed by atoms with Gasteiger partial charge in [-0.2, -0.15) is 0 Å². The average Bonchev–Trinajstić information content (AvgIpc) is 1.58. The molecule has 0 atom stereocenters. The van der Waals surface area contributed by atoms with Crippen LogP contribution >= 0.6 is 0 Å². The standard InChI is InChI=1S/C93H56N2/c1-2-27-58-57(26-1)54-55-81-89(58)90-67(36-23-47-80(90)93(81)74-41-13-7-32-63(74)64-33-8-14-42-75(64)93)88-65-34-24-52-82(94-84-48-19-15-43-76(84)91(77-44-16-20-49-85(77)94)70-37-9-3-28-59(70)60-29-4-10-38-71(60)91)68(65)56-69-66(88)35-25-53-83(69)95-86-50-21-17-45-78(86)92(79-46-18-22-51-87(79)95)72-39-11-5-30-61(72)62-31-6-12-40-73(62)92/h1-56H. The monoisotopic (exact) mass is 1200 g/mol. The van der Waals surface area contributed by atoms with Crippen LogP contribution in [0.1, 0.15) is 66.8 Å². The molecular formula is C93H56N2. The van der Waals surface area contributed by atoms with E-state index in [1.165, 1.54) is 177 Å². The topological polar surface area (TPSA) is 6.48 Å². The van der Waals surface area contributed by atoms with Crippen LogP contribution in [0.2, 0.25) is 0 Å². The molecule has 0 unspecified atom stereocenters. The highest BCUT2D eigenvalue weighted by Gasteiger charge is 2.55. The van der Waals surface area contributed by atoms with Crippen LogP contribution < -0.4 is 9.80 Å². The summed E-state index contributed by atoms with van der Waals surface area (Å²) in [7, 11) is 0. The number of benzene rings is 16. The van der Waals surface area contributed by atoms with Crippen molar-refractivity contribution in [3.8, 4) is 55.6 Å². The van der Waals surface area contributed by atoms with E-state index in [0.717, 1.165) is 11.4 Å². The lowest BCUT2D eigenvalue weighted by Gasteiger charge is -2.45. The molecule has 2 aliphatic heterocycles. The van der Waals surface area contributed by atoms with Gasteiger partial charge in [-0.05, 0) is 186 Å². The van der Waals surface area contributed by atoms with E-state index in [4.69, 9.17) is 0 Å². The summed E-state index contributed by atoms with van der Waals surface area (Å²) in [6.07, 6.45) is 0. The second kappa shape index (κ2) is 18.6. The number of nitrogens with zero attached hydrogens (tertiary/aromatic N) is 2. The molecule has 95 heavy (non-hydrogen) atoms. The maximum absolute atomic E-state index is 2.61. The Kier molecular flexibility index (Phi) is 10.1. The smallest absolute Gasteiger partial charge is 0.0754 e. The minimum Gasteiger partial charge on any atom is -0.309 e. The highest BCUT2D eigenvalue weighted by atomic mass is 15.2. The van der Waals surface area contributed by atoms with Crippen LogP contribution in [0, 0.1) is 0 Å². The Hall–Kier alpha value is -12.1. The number of anilines is 6. The van der Waals surface area contributed by atoms with Gasteiger partial charge in [0.15, 0.2) is 0 Å². The molecule has 2 nitrogen and oxygen atoms in total. The summed E-state index contributed by atoms with van der Waals surface area (Å²) in [5.74, 6) is 0. The van der Waals surface area contributed by atoms with Gasteiger partial charge in [0.25, 0.3) is 0 Å². The van der Waals surface area contributed by atoms with Crippen molar-refractivity contribution in [1.82, 2.24) is 0 Å². The van der Waals surface area contributed by atoms with Crippen molar-refractivity contribution in [2.45, 2.75) is 16.2 Å². The molecule has 0 saturated heterocycles. The molecule has 4 aliphatic carbocycles. The predicted octanol–water partition coefficient (Wildman–Crippen LogP) is 23.4. The lowest BCUT2D eigenvalue weighted by Crippen LogP contribution is -2.36. The van der Waals surface area contributed by atoms with Gasteiger partial charge in [0.1, 0.15) is 0 Å². The summed E-state index contributed by atoms with van der Waals surface area (Å²) in [5.41, 5.74) is 33.7. The molecule has 0 aromatic heterocycles. The zero-order valence-corrected chi connectivity index (χ0v) is 51.7. The van der Waals surface area contributed by atoms with Crippen molar-refractivity contribution < 1.29 is 0 Å². The minimum absolute atomic E-state index is 0.562. The Morgan fingerprint density at radius 1 is 0.158 bits per heavy atom. The van der Waals surface area contributed by atoms with Crippen LogP contribution in [0.4, 0.5) is 34.1 Å². The summed E-state index contributed by atoms with van der Waals surface area (Å²) in [6.45, 7) is 0. The SMILES string of the molecule is c1ccc2c(c1)-c1ccccc1C21c2ccccc2N(c2cccc3c(-c4cccc5c4-c4c(ccc6ccccc46)C54c5ccccc5-c5ccccc54)c4cccc(N5c6ccccc6C6(c7ccccc7-c7ccccc76)c6ccccc65)c4cc23)c2ccccc21. The van der Waals surface area contributed by atoms with E-state index in [2.05, 4.69) is 350 Å². The average molecular weight is 1200 g/mol. The van der Waals surface area contributed by atoms with Crippen LogP contribution in [-0.2, 0) is 16.2 Å². The van der Waals surface area contributed by atoms with E-state index in [1.807, 2.05) is 0 Å². The van der Waals surface area contributed by atoms with Gasteiger partial charge in [0.2, 0.25) is 0 Å². The molecular weight excluding hydrogens is 1150 g/mol. The highest BCUT2D eigenvalue weighted by Crippen LogP contribution is 2.69. The zero-order chi connectivity index (χ0) is 61.9. The fraction of sp³-hybridized carbons (Fsp3) is 0.0323. The Morgan fingerprint density at radius 2 is 0.432 bits per heavy atom. The maximum atomic E-state index is 2.61. The lowest BCUT2D eigenvalue weighted by molar-refractivity contribution is 0.753. The van der Waals surface area contributed by atoms with E-state index in [0.29, 0.717) is 0 Å².